The van der Waals surface area contributed by atoms with Crippen molar-refractivity contribution in [1.82, 2.24) is 0 Å². The number of fused-ring (bicyclic) bond motifs is 1. The summed E-state index contributed by atoms with van der Waals surface area (Å²) in [5, 5.41) is 3.82. The van der Waals surface area contributed by atoms with Crippen LogP contribution in [0.4, 0.5) is 11.4 Å². The molecule has 18 heavy (non-hydrogen) atoms. The molecule has 1 atom stereocenters. The number of anilines is 2. The maximum atomic E-state index is 12.5. The van der Waals surface area contributed by atoms with Gasteiger partial charge in [0.25, 0.3) is 5.91 Å². The van der Waals surface area contributed by atoms with Crippen molar-refractivity contribution >= 4 is 28.6 Å². The van der Waals surface area contributed by atoms with Crippen molar-refractivity contribution in [1.29, 1.82) is 0 Å². The Morgan fingerprint density at radius 1 is 1.44 bits per heavy atom. The van der Waals surface area contributed by atoms with Crippen LogP contribution in [0.15, 0.2) is 35.0 Å². The number of nitrogens with zero attached hydrogens (tertiary/aromatic N) is 1. The highest BCUT2D eigenvalue weighted by molar-refractivity contribution is 7.08. The number of nitrogen functional groups attached to an aromatic ring is 1. The van der Waals surface area contributed by atoms with Gasteiger partial charge in [-0.25, -0.2) is 0 Å². The molecule has 2 aromatic rings. The van der Waals surface area contributed by atoms with Gasteiger partial charge in [0, 0.05) is 22.8 Å². The van der Waals surface area contributed by atoms with Crippen LogP contribution in [-0.2, 0) is 6.42 Å². The van der Waals surface area contributed by atoms with Crippen molar-refractivity contribution in [2.24, 2.45) is 0 Å². The standard InChI is InChI=1S/C14H14N2OS/c1-9-6-11-7-12(15)2-3-13(11)16(9)14(17)10-4-5-18-8-10/h2-5,7-9H,6,15H2,1H3. The summed E-state index contributed by atoms with van der Waals surface area (Å²) < 4.78 is 0. The Balaban J connectivity index is 2.02. The highest BCUT2D eigenvalue weighted by atomic mass is 32.1. The second kappa shape index (κ2) is 4.14. The number of nitrogens with two attached hydrogens (primary N) is 1. The Labute approximate surface area is 110 Å². The zero-order chi connectivity index (χ0) is 12.7. The maximum absolute atomic E-state index is 12.5. The lowest BCUT2D eigenvalue weighted by atomic mass is 10.1. The fourth-order valence-corrected chi connectivity index (χ4v) is 3.12. The van der Waals surface area contributed by atoms with Crippen LogP contribution in [0.2, 0.25) is 0 Å². The topological polar surface area (TPSA) is 46.3 Å². The van der Waals surface area contributed by atoms with Crippen LogP contribution in [0.25, 0.3) is 0 Å². The van der Waals surface area contributed by atoms with Gasteiger partial charge in [-0.1, -0.05) is 0 Å². The van der Waals surface area contributed by atoms with E-state index >= 15 is 0 Å². The molecular formula is C14H14N2OS. The molecule has 3 rings (SSSR count). The Morgan fingerprint density at radius 2 is 2.28 bits per heavy atom. The monoisotopic (exact) mass is 258 g/mol. The molecule has 1 amide bonds. The smallest absolute Gasteiger partial charge is 0.259 e. The molecule has 3 nitrogen and oxygen atoms in total. The molecule has 1 aromatic carbocycles. The molecule has 1 unspecified atom stereocenters. The first-order valence-corrected chi connectivity index (χ1v) is 6.85. The number of thiophene rings is 1. The molecule has 2 heterocycles. The van der Waals surface area contributed by atoms with E-state index in [0.29, 0.717) is 0 Å². The Morgan fingerprint density at radius 3 is 3.00 bits per heavy atom. The summed E-state index contributed by atoms with van der Waals surface area (Å²) >= 11 is 1.54. The van der Waals surface area contributed by atoms with Crippen LogP contribution in [0, 0.1) is 0 Å². The van der Waals surface area contributed by atoms with Gasteiger partial charge in [-0.15, -0.1) is 0 Å². The second-order valence-electron chi connectivity index (χ2n) is 4.63. The molecule has 1 aliphatic heterocycles. The Bertz CT molecular complexity index is 592. The molecule has 0 fully saturated rings. The van der Waals surface area contributed by atoms with Crippen LogP contribution in [0.5, 0.6) is 0 Å². The van der Waals surface area contributed by atoms with Gasteiger partial charge in [0.05, 0.1) is 5.56 Å². The first-order chi connectivity index (χ1) is 8.66. The average Bonchev–Trinajstić information content (AvgIpc) is 2.94. The first-order valence-electron chi connectivity index (χ1n) is 5.91. The minimum absolute atomic E-state index is 0.0762. The van der Waals surface area contributed by atoms with Crippen molar-refractivity contribution in [3.05, 3.63) is 46.2 Å². The van der Waals surface area contributed by atoms with Gasteiger partial charge in [0.1, 0.15) is 0 Å². The summed E-state index contributed by atoms with van der Waals surface area (Å²) in [6.45, 7) is 2.07. The molecule has 92 valence electrons. The first kappa shape index (κ1) is 11.3. The van der Waals surface area contributed by atoms with Gasteiger partial charge in [-0.3, -0.25) is 4.79 Å². The third-order valence-corrected chi connectivity index (χ3v) is 3.99. The summed E-state index contributed by atoms with van der Waals surface area (Å²) in [5.41, 5.74) is 9.46. The summed E-state index contributed by atoms with van der Waals surface area (Å²) in [5.74, 6) is 0.0762. The molecule has 4 heteroatoms. The predicted octanol–water partition coefficient (Wildman–Crippen LogP) is 2.92. The van der Waals surface area contributed by atoms with Crippen LogP contribution < -0.4 is 10.6 Å². The number of carbonyl (C=O) groups excluding carboxylic acids is 1. The zero-order valence-electron chi connectivity index (χ0n) is 10.1. The molecule has 0 aliphatic carbocycles. The van der Waals surface area contributed by atoms with Crippen molar-refractivity contribution < 1.29 is 4.79 Å². The van der Waals surface area contributed by atoms with Crippen LogP contribution in [-0.4, -0.2) is 11.9 Å². The van der Waals surface area contributed by atoms with Crippen LogP contribution in [0.1, 0.15) is 22.8 Å². The van der Waals surface area contributed by atoms with Gasteiger partial charge in [-0.05, 0) is 48.6 Å². The number of rotatable bonds is 1. The van der Waals surface area contributed by atoms with Crippen LogP contribution in [0.3, 0.4) is 0 Å². The largest absolute Gasteiger partial charge is 0.399 e. The molecule has 0 saturated carbocycles. The molecule has 0 spiro atoms. The SMILES string of the molecule is CC1Cc2cc(N)ccc2N1C(=O)c1ccsc1. The fraction of sp³-hybridized carbons (Fsp3) is 0.214. The zero-order valence-corrected chi connectivity index (χ0v) is 10.9. The summed E-state index contributed by atoms with van der Waals surface area (Å²) in [4.78, 5) is 14.3. The van der Waals surface area contributed by atoms with Crippen molar-refractivity contribution in [2.45, 2.75) is 19.4 Å². The van der Waals surface area contributed by atoms with E-state index in [2.05, 4.69) is 6.92 Å². The molecular weight excluding hydrogens is 244 g/mol. The van der Waals surface area contributed by atoms with Gasteiger partial charge in [0.2, 0.25) is 0 Å². The Kier molecular flexibility index (Phi) is 2.59. The fourth-order valence-electron chi connectivity index (χ4n) is 2.49. The molecule has 0 radical (unpaired) electrons. The average molecular weight is 258 g/mol. The lowest BCUT2D eigenvalue weighted by Crippen LogP contribution is -2.35. The van der Waals surface area contributed by atoms with Gasteiger partial charge < -0.3 is 10.6 Å². The van der Waals surface area contributed by atoms with E-state index < -0.39 is 0 Å². The van der Waals surface area contributed by atoms with E-state index in [4.69, 9.17) is 5.73 Å². The summed E-state index contributed by atoms with van der Waals surface area (Å²) in [6.07, 6.45) is 0.871. The van der Waals surface area contributed by atoms with Gasteiger partial charge >= 0.3 is 0 Å². The quantitative estimate of drug-likeness (QED) is 0.799. The van der Waals surface area contributed by atoms with E-state index in [1.165, 1.54) is 0 Å². The van der Waals surface area contributed by atoms with Crippen molar-refractivity contribution in [3.63, 3.8) is 0 Å². The number of carbonyl (C=O) groups is 1. The van der Waals surface area contributed by atoms with E-state index in [9.17, 15) is 4.79 Å². The Hall–Kier alpha value is -1.81. The highest BCUT2D eigenvalue weighted by Crippen LogP contribution is 2.34. The molecule has 1 aromatic heterocycles. The minimum atomic E-state index is 0.0762. The van der Waals surface area contributed by atoms with Gasteiger partial charge in [-0.2, -0.15) is 11.3 Å². The number of hydrogen-bond donors (Lipinski definition) is 1. The maximum Gasteiger partial charge on any atom is 0.259 e. The van der Waals surface area contributed by atoms with E-state index in [1.54, 1.807) is 11.3 Å². The third-order valence-electron chi connectivity index (χ3n) is 3.31. The van der Waals surface area contributed by atoms with Crippen molar-refractivity contribution in [2.75, 3.05) is 10.6 Å². The van der Waals surface area contributed by atoms with Crippen molar-refractivity contribution in [3.8, 4) is 0 Å². The van der Waals surface area contributed by atoms with E-state index in [0.717, 1.165) is 28.9 Å². The lowest BCUT2D eigenvalue weighted by Gasteiger charge is -2.22. The minimum Gasteiger partial charge on any atom is -0.399 e. The number of benzene rings is 1. The summed E-state index contributed by atoms with van der Waals surface area (Å²) in [6, 6.07) is 7.82. The molecule has 1 aliphatic rings. The third kappa shape index (κ3) is 1.69. The normalized spacial score (nSPS) is 17.8. The summed E-state index contributed by atoms with van der Waals surface area (Å²) in [7, 11) is 0. The highest BCUT2D eigenvalue weighted by Gasteiger charge is 2.31. The molecule has 2 N–H and O–H groups in total. The van der Waals surface area contributed by atoms with Crippen LogP contribution >= 0.6 is 11.3 Å². The van der Waals surface area contributed by atoms with E-state index in [-0.39, 0.29) is 11.9 Å². The number of hydrogen-bond acceptors (Lipinski definition) is 3. The molecule has 0 saturated heterocycles. The predicted molar refractivity (Wildman–Crippen MR) is 75.1 cm³/mol. The number of amides is 1. The van der Waals surface area contributed by atoms with Gasteiger partial charge in [0.15, 0.2) is 0 Å². The van der Waals surface area contributed by atoms with E-state index in [1.807, 2.05) is 39.9 Å². The lowest BCUT2D eigenvalue weighted by molar-refractivity contribution is 0.0982. The molecule has 0 bridgehead atoms. The second-order valence-corrected chi connectivity index (χ2v) is 5.41.